The first-order chi connectivity index (χ1) is 14.5. The minimum absolute atomic E-state index is 0.0459. The number of benzene rings is 1. The first kappa shape index (κ1) is 21.5. The normalized spacial score (nSPS) is 14.9. The largest absolute Gasteiger partial charge is 0.473 e. The number of hydrogen-bond donors (Lipinski definition) is 4. The lowest BCUT2D eigenvalue weighted by atomic mass is 10.1. The molecule has 9 nitrogen and oxygen atoms in total. The van der Waals surface area contributed by atoms with E-state index in [1.165, 1.54) is 0 Å². The molecule has 1 aliphatic heterocycles. The Morgan fingerprint density at radius 3 is 2.27 bits per heavy atom. The molecule has 1 aromatic carbocycles. The van der Waals surface area contributed by atoms with Crippen LogP contribution in [0.4, 0.5) is 34.3 Å². The summed E-state index contributed by atoms with van der Waals surface area (Å²) in [6.07, 6.45) is 2.01. The van der Waals surface area contributed by atoms with Gasteiger partial charge in [0, 0.05) is 26.8 Å². The molecule has 30 heavy (non-hydrogen) atoms. The minimum atomic E-state index is -0.639. The summed E-state index contributed by atoms with van der Waals surface area (Å²) in [5.74, 6) is 1.67. The van der Waals surface area contributed by atoms with Crippen LogP contribution in [-0.2, 0) is 4.79 Å². The lowest BCUT2D eigenvalue weighted by molar-refractivity contribution is -0.108. The fraction of sp³-hybridized carbons (Fsp3) is 0.476. The number of fused-ring (bicyclic) bond motifs is 1. The molecule has 1 atom stereocenters. The number of rotatable bonds is 9. The summed E-state index contributed by atoms with van der Waals surface area (Å²) < 4.78 is 6.17. The Morgan fingerprint density at radius 2 is 1.77 bits per heavy atom. The van der Waals surface area contributed by atoms with Crippen LogP contribution in [-0.4, -0.2) is 49.7 Å². The SMILES string of the molecule is CCC(CC)Oc1nc(C)nc2c1NC(C=O)N2c1c(NC)cc(NC)cc1NC. The highest BCUT2D eigenvalue weighted by Crippen LogP contribution is 2.48. The second kappa shape index (κ2) is 9.06. The van der Waals surface area contributed by atoms with Gasteiger partial charge in [0.1, 0.15) is 17.6 Å². The maximum absolute atomic E-state index is 12.1. The van der Waals surface area contributed by atoms with Crippen LogP contribution in [0.15, 0.2) is 12.1 Å². The van der Waals surface area contributed by atoms with E-state index in [2.05, 4.69) is 45.1 Å². The van der Waals surface area contributed by atoms with Gasteiger partial charge in [0.25, 0.3) is 0 Å². The fourth-order valence-electron chi connectivity index (χ4n) is 3.64. The number of carbonyl (C=O) groups is 1. The van der Waals surface area contributed by atoms with Crippen molar-refractivity contribution in [1.29, 1.82) is 0 Å². The quantitative estimate of drug-likeness (QED) is 0.459. The summed E-state index contributed by atoms with van der Waals surface area (Å²) in [6.45, 7) is 5.99. The van der Waals surface area contributed by atoms with Gasteiger partial charge in [-0.05, 0) is 31.9 Å². The van der Waals surface area contributed by atoms with Crippen LogP contribution < -0.4 is 30.9 Å². The predicted octanol–water partition coefficient (Wildman–Crippen LogP) is 3.57. The van der Waals surface area contributed by atoms with Crippen LogP contribution in [0.1, 0.15) is 32.5 Å². The smallest absolute Gasteiger partial charge is 0.243 e. The number of anilines is 6. The summed E-state index contributed by atoms with van der Waals surface area (Å²) in [6, 6.07) is 3.98. The number of nitrogens with one attached hydrogen (secondary N) is 4. The van der Waals surface area contributed by atoms with E-state index in [1.807, 2.05) is 45.1 Å². The molecule has 0 aliphatic carbocycles. The average Bonchev–Trinajstić information content (AvgIpc) is 3.14. The zero-order valence-electron chi connectivity index (χ0n) is 18.5. The molecule has 0 fully saturated rings. The second-order valence-electron chi connectivity index (χ2n) is 7.10. The topological polar surface area (TPSA) is 103 Å². The van der Waals surface area contributed by atoms with Gasteiger partial charge < -0.3 is 26.0 Å². The highest BCUT2D eigenvalue weighted by molar-refractivity contribution is 5.98. The van der Waals surface area contributed by atoms with Crippen molar-refractivity contribution in [3.8, 4) is 5.88 Å². The van der Waals surface area contributed by atoms with Crippen LogP contribution >= 0.6 is 0 Å². The molecule has 162 valence electrons. The molecular formula is C21H31N7O2. The molecule has 2 heterocycles. The van der Waals surface area contributed by atoms with Crippen LogP contribution in [0.5, 0.6) is 5.88 Å². The molecule has 0 spiro atoms. The Balaban J connectivity index is 2.20. The van der Waals surface area contributed by atoms with Crippen LogP contribution in [0, 0.1) is 6.92 Å². The van der Waals surface area contributed by atoms with E-state index in [1.54, 1.807) is 0 Å². The first-order valence-corrected chi connectivity index (χ1v) is 10.3. The number of aldehydes is 1. The van der Waals surface area contributed by atoms with Gasteiger partial charge in [-0.25, -0.2) is 4.98 Å². The van der Waals surface area contributed by atoms with Crippen molar-refractivity contribution >= 4 is 40.5 Å². The standard InChI is InChI=1S/C21H31N7O2/c1-7-14(8-2)30-21-18-20(25-12(3)26-21)28(17(11-29)27-18)19-15(23-5)9-13(22-4)10-16(19)24-6/h9-11,14,17,22-24,27H,7-8H2,1-6H3. The molecule has 0 amide bonds. The van der Waals surface area contributed by atoms with Gasteiger partial charge >= 0.3 is 0 Å². The lowest BCUT2D eigenvalue weighted by Gasteiger charge is -2.28. The van der Waals surface area contributed by atoms with E-state index in [-0.39, 0.29) is 6.10 Å². The molecular weight excluding hydrogens is 382 g/mol. The molecule has 3 rings (SSSR count). The molecule has 4 N–H and O–H groups in total. The lowest BCUT2D eigenvalue weighted by Crippen LogP contribution is -2.34. The zero-order chi connectivity index (χ0) is 21.8. The minimum Gasteiger partial charge on any atom is -0.473 e. The van der Waals surface area contributed by atoms with Crippen molar-refractivity contribution in [3.63, 3.8) is 0 Å². The Morgan fingerprint density at radius 1 is 1.13 bits per heavy atom. The van der Waals surface area contributed by atoms with Gasteiger partial charge in [-0.1, -0.05) is 13.8 Å². The molecule has 0 saturated heterocycles. The summed E-state index contributed by atoms with van der Waals surface area (Å²) in [4.78, 5) is 23.1. The fourth-order valence-corrected chi connectivity index (χ4v) is 3.64. The summed E-state index contributed by atoms with van der Waals surface area (Å²) in [7, 11) is 5.57. The van der Waals surface area contributed by atoms with E-state index in [9.17, 15) is 4.79 Å². The first-order valence-electron chi connectivity index (χ1n) is 10.3. The number of nitrogens with zero attached hydrogens (tertiary/aromatic N) is 3. The van der Waals surface area contributed by atoms with E-state index in [0.29, 0.717) is 23.2 Å². The second-order valence-corrected chi connectivity index (χ2v) is 7.10. The molecule has 1 aromatic heterocycles. The van der Waals surface area contributed by atoms with Crippen LogP contribution in [0.3, 0.4) is 0 Å². The Labute approximate surface area is 177 Å². The van der Waals surface area contributed by atoms with Crippen molar-refractivity contribution in [1.82, 2.24) is 9.97 Å². The van der Waals surface area contributed by atoms with E-state index >= 15 is 0 Å². The van der Waals surface area contributed by atoms with Crippen molar-refractivity contribution in [2.45, 2.75) is 45.9 Å². The molecule has 0 saturated carbocycles. The number of hydrogen-bond acceptors (Lipinski definition) is 9. The number of aromatic nitrogens is 2. The van der Waals surface area contributed by atoms with E-state index < -0.39 is 6.17 Å². The Bertz CT molecular complexity index is 889. The van der Waals surface area contributed by atoms with E-state index in [4.69, 9.17) is 4.74 Å². The molecule has 0 radical (unpaired) electrons. The number of aryl methyl sites for hydroxylation is 1. The third-order valence-corrected chi connectivity index (χ3v) is 5.26. The predicted molar refractivity (Wildman–Crippen MR) is 122 cm³/mol. The third-order valence-electron chi connectivity index (χ3n) is 5.26. The van der Waals surface area contributed by atoms with Gasteiger partial charge in [0.2, 0.25) is 5.88 Å². The van der Waals surface area contributed by atoms with E-state index in [0.717, 1.165) is 41.9 Å². The Hall–Kier alpha value is -3.23. The van der Waals surface area contributed by atoms with Gasteiger partial charge in [-0.2, -0.15) is 4.98 Å². The maximum Gasteiger partial charge on any atom is 0.243 e. The monoisotopic (exact) mass is 413 g/mol. The molecule has 9 heteroatoms. The van der Waals surface area contributed by atoms with Gasteiger partial charge in [-0.15, -0.1) is 0 Å². The van der Waals surface area contributed by atoms with Gasteiger partial charge in [0.15, 0.2) is 18.3 Å². The molecule has 0 bridgehead atoms. The molecule has 1 aliphatic rings. The third kappa shape index (κ3) is 3.79. The summed E-state index contributed by atoms with van der Waals surface area (Å²) in [5.41, 5.74) is 4.09. The zero-order valence-corrected chi connectivity index (χ0v) is 18.5. The average molecular weight is 414 g/mol. The Kier molecular flexibility index (Phi) is 6.49. The molecule has 2 aromatic rings. The van der Waals surface area contributed by atoms with Crippen LogP contribution in [0.25, 0.3) is 0 Å². The van der Waals surface area contributed by atoms with Crippen molar-refractivity contribution in [2.75, 3.05) is 47.3 Å². The molecule has 1 unspecified atom stereocenters. The van der Waals surface area contributed by atoms with Crippen molar-refractivity contribution in [3.05, 3.63) is 18.0 Å². The highest BCUT2D eigenvalue weighted by Gasteiger charge is 2.37. The van der Waals surface area contributed by atoms with Crippen molar-refractivity contribution < 1.29 is 9.53 Å². The van der Waals surface area contributed by atoms with Crippen LogP contribution in [0.2, 0.25) is 0 Å². The maximum atomic E-state index is 12.1. The van der Waals surface area contributed by atoms with Gasteiger partial charge in [-0.3, -0.25) is 9.69 Å². The van der Waals surface area contributed by atoms with Crippen molar-refractivity contribution in [2.24, 2.45) is 0 Å². The van der Waals surface area contributed by atoms with Gasteiger partial charge in [0.05, 0.1) is 17.1 Å². The summed E-state index contributed by atoms with van der Waals surface area (Å²) >= 11 is 0. The highest BCUT2D eigenvalue weighted by atomic mass is 16.5. The number of ether oxygens (including phenoxy) is 1. The summed E-state index contributed by atoms with van der Waals surface area (Å²) in [5, 5.41) is 12.9. The number of carbonyl (C=O) groups excluding carboxylic acids is 1.